The molecule has 1 aromatic carbocycles. The van der Waals surface area contributed by atoms with Crippen LogP contribution in [0.25, 0.3) is 0 Å². The van der Waals surface area contributed by atoms with E-state index in [2.05, 4.69) is 20.6 Å². The molecule has 0 atom stereocenters. The van der Waals surface area contributed by atoms with Crippen LogP contribution in [0, 0.1) is 17.5 Å². The van der Waals surface area contributed by atoms with Crippen LogP contribution in [0.5, 0.6) is 0 Å². The zero-order chi connectivity index (χ0) is 13.1. The fourth-order valence-electron chi connectivity index (χ4n) is 1.35. The molecule has 1 aromatic heterocycles. The Bertz CT molecular complexity index is 551. The van der Waals surface area contributed by atoms with E-state index in [0.29, 0.717) is 18.0 Å². The van der Waals surface area contributed by atoms with Gasteiger partial charge in [0.2, 0.25) is 0 Å². The van der Waals surface area contributed by atoms with Crippen LogP contribution in [0.15, 0.2) is 24.5 Å². The van der Waals surface area contributed by atoms with E-state index in [9.17, 15) is 13.2 Å². The molecule has 1 heterocycles. The molecule has 2 rings (SSSR count). The average Bonchev–Trinajstić information content (AvgIpc) is 2.34. The number of nitrogens with zero attached hydrogens (tertiary/aromatic N) is 2. The highest BCUT2D eigenvalue weighted by Gasteiger charge is 2.12. The second kappa shape index (κ2) is 4.91. The number of hydrogen-bond acceptors (Lipinski definition) is 4. The summed E-state index contributed by atoms with van der Waals surface area (Å²) in [5.74, 6) is -2.36. The van der Waals surface area contributed by atoms with Gasteiger partial charge in [0.1, 0.15) is 29.5 Å². The minimum absolute atomic E-state index is 0.193. The summed E-state index contributed by atoms with van der Waals surface area (Å²) >= 11 is 0. The molecule has 0 saturated carbocycles. The van der Waals surface area contributed by atoms with Crippen molar-refractivity contribution in [1.29, 1.82) is 0 Å². The number of aromatic nitrogens is 2. The Hall–Kier alpha value is -2.31. The lowest BCUT2D eigenvalue weighted by atomic mass is 10.2. The van der Waals surface area contributed by atoms with Gasteiger partial charge >= 0.3 is 0 Å². The highest BCUT2D eigenvalue weighted by atomic mass is 19.1. The number of rotatable bonds is 3. The Balaban J connectivity index is 2.33. The summed E-state index contributed by atoms with van der Waals surface area (Å²) in [6, 6.07) is 2.64. The SMILES string of the molecule is CNc1cc(Nc2c(F)cc(F)cc2F)ncn1. The fourth-order valence-corrected chi connectivity index (χ4v) is 1.35. The van der Waals surface area contributed by atoms with E-state index >= 15 is 0 Å². The lowest BCUT2D eigenvalue weighted by molar-refractivity contribution is 0.549. The van der Waals surface area contributed by atoms with Crippen molar-refractivity contribution in [3.8, 4) is 0 Å². The van der Waals surface area contributed by atoms with E-state index < -0.39 is 23.1 Å². The van der Waals surface area contributed by atoms with Crippen LogP contribution in [0.2, 0.25) is 0 Å². The molecular formula is C11H9F3N4. The molecule has 0 spiro atoms. The van der Waals surface area contributed by atoms with Gasteiger partial charge < -0.3 is 10.6 Å². The van der Waals surface area contributed by atoms with Crippen molar-refractivity contribution in [2.75, 3.05) is 17.7 Å². The van der Waals surface area contributed by atoms with Crippen LogP contribution in [-0.4, -0.2) is 17.0 Å². The van der Waals surface area contributed by atoms with Gasteiger partial charge in [-0.1, -0.05) is 0 Å². The van der Waals surface area contributed by atoms with E-state index in [-0.39, 0.29) is 5.82 Å². The molecule has 0 bridgehead atoms. The van der Waals surface area contributed by atoms with Gasteiger partial charge in [0.25, 0.3) is 0 Å². The number of nitrogens with one attached hydrogen (secondary N) is 2. The van der Waals surface area contributed by atoms with Gasteiger partial charge in [-0.05, 0) is 0 Å². The highest BCUT2D eigenvalue weighted by molar-refractivity contribution is 5.59. The van der Waals surface area contributed by atoms with Gasteiger partial charge in [-0.3, -0.25) is 0 Å². The molecule has 4 nitrogen and oxygen atoms in total. The van der Waals surface area contributed by atoms with Crippen molar-refractivity contribution in [2.45, 2.75) is 0 Å². The molecule has 0 saturated heterocycles. The molecule has 0 aliphatic heterocycles. The quantitative estimate of drug-likeness (QED) is 0.884. The van der Waals surface area contributed by atoms with E-state index in [1.54, 1.807) is 7.05 Å². The lowest BCUT2D eigenvalue weighted by Gasteiger charge is -2.08. The van der Waals surface area contributed by atoms with E-state index in [1.165, 1.54) is 12.4 Å². The van der Waals surface area contributed by atoms with Crippen LogP contribution < -0.4 is 10.6 Å². The fraction of sp³-hybridized carbons (Fsp3) is 0.0909. The Morgan fingerprint density at radius 2 is 1.56 bits per heavy atom. The standard InChI is InChI=1S/C11H9F3N4/c1-15-9-4-10(17-5-16-9)18-11-7(13)2-6(12)3-8(11)14/h2-5H,1H3,(H2,15,16,17,18). The molecule has 18 heavy (non-hydrogen) atoms. The molecule has 0 amide bonds. The maximum Gasteiger partial charge on any atom is 0.152 e. The molecule has 0 radical (unpaired) electrons. The molecule has 0 aliphatic rings. The van der Waals surface area contributed by atoms with Gasteiger partial charge in [-0.25, -0.2) is 23.1 Å². The average molecular weight is 254 g/mol. The number of hydrogen-bond donors (Lipinski definition) is 2. The van der Waals surface area contributed by atoms with Crippen LogP contribution in [0.3, 0.4) is 0 Å². The van der Waals surface area contributed by atoms with E-state index in [1.807, 2.05) is 0 Å². The first-order valence-electron chi connectivity index (χ1n) is 5.01. The number of anilines is 3. The largest absolute Gasteiger partial charge is 0.373 e. The molecule has 0 fully saturated rings. The Kier molecular flexibility index (Phi) is 3.31. The summed E-state index contributed by atoms with van der Waals surface area (Å²) in [7, 11) is 1.64. The van der Waals surface area contributed by atoms with Crippen molar-refractivity contribution < 1.29 is 13.2 Å². The molecule has 7 heteroatoms. The second-order valence-electron chi connectivity index (χ2n) is 3.41. The van der Waals surface area contributed by atoms with E-state index in [4.69, 9.17) is 0 Å². The summed E-state index contributed by atoms with van der Waals surface area (Å²) in [4.78, 5) is 7.65. The van der Waals surface area contributed by atoms with Crippen molar-refractivity contribution in [2.24, 2.45) is 0 Å². The lowest BCUT2D eigenvalue weighted by Crippen LogP contribution is -2.02. The molecular weight excluding hydrogens is 245 g/mol. The minimum atomic E-state index is -1.03. The number of halogens is 3. The Morgan fingerprint density at radius 3 is 2.17 bits per heavy atom. The summed E-state index contributed by atoms with van der Waals surface area (Å²) in [6.07, 6.45) is 1.23. The first-order chi connectivity index (χ1) is 8.60. The maximum absolute atomic E-state index is 13.4. The summed E-state index contributed by atoms with van der Waals surface area (Å²) < 4.78 is 39.5. The number of benzene rings is 1. The smallest absolute Gasteiger partial charge is 0.152 e. The second-order valence-corrected chi connectivity index (χ2v) is 3.41. The van der Waals surface area contributed by atoms with Gasteiger partial charge in [0.05, 0.1) is 0 Å². The molecule has 0 aliphatic carbocycles. The van der Waals surface area contributed by atoms with Crippen LogP contribution >= 0.6 is 0 Å². The third kappa shape index (κ3) is 2.50. The van der Waals surface area contributed by atoms with Gasteiger partial charge in [0.15, 0.2) is 11.6 Å². The first kappa shape index (κ1) is 12.2. The van der Waals surface area contributed by atoms with Crippen molar-refractivity contribution in [1.82, 2.24) is 9.97 Å². The molecule has 0 unspecified atom stereocenters. The van der Waals surface area contributed by atoms with Gasteiger partial charge in [-0.2, -0.15) is 0 Å². The maximum atomic E-state index is 13.4. The third-order valence-electron chi connectivity index (χ3n) is 2.18. The Morgan fingerprint density at radius 1 is 0.944 bits per heavy atom. The summed E-state index contributed by atoms with van der Waals surface area (Å²) in [6.45, 7) is 0. The van der Waals surface area contributed by atoms with Crippen molar-refractivity contribution in [3.63, 3.8) is 0 Å². The minimum Gasteiger partial charge on any atom is -0.373 e. The topological polar surface area (TPSA) is 49.8 Å². The third-order valence-corrected chi connectivity index (χ3v) is 2.18. The zero-order valence-electron chi connectivity index (χ0n) is 9.34. The molecule has 94 valence electrons. The van der Waals surface area contributed by atoms with E-state index in [0.717, 1.165) is 0 Å². The first-order valence-corrected chi connectivity index (χ1v) is 5.01. The predicted molar refractivity (Wildman–Crippen MR) is 61.2 cm³/mol. The van der Waals surface area contributed by atoms with Gasteiger partial charge in [-0.15, -0.1) is 0 Å². The normalized spacial score (nSPS) is 10.2. The van der Waals surface area contributed by atoms with Crippen molar-refractivity contribution >= 4 is 17.3 Å². The molecule has 2 N–H and O–H groups in total. The van der Waals surface area contributed by atoms with Crippen molar-refractivity contribution in [3.05, 3.63) is 42.0 Å². The van der Waals surface area contributed by atoms with Crippen LogP contribution in [0.1, 0.15) is 0 Å². The van der Waals surface area contributed by atoms with Crippen LogP contribution in [0.4, 0.5) is 30.5 Å². The monoisotopic (exact) mass is 254 g/mol. The predicted octanol–water partition coefficient (Wildman–Crippen LogP) is 2.68. The highest BCUT2D eigenvalue weighted by Crippen LogP contribution is 2.23. The zero-order valence-corrected chi connectivity index (χ0v) is 9.34. The summed E-state index contributed by atoms with van der Waals surface area (Å²) in [5, 5.41) is 5.19. The Labute approximate surface area is 101 Å². The van der Waals surface area contributed by atoms with Gasteiger partial charge in [0, 0.05) is 25.2 Å². The van der Waals surface area contributed by atoms with Crippen LogP contribution in [-0.2, 0) is 0 Å². The molecule has 2 aromatic rings. The summed E-state index contributed by atoms with van der Waals surface area (Å²) in [5.41, 5.74) is -0.461.